The summed E-state index contributed by atoms with van der Waals surface area (Å²) in [5.41, 5.74) is 8.80. The summed E-state index contributed by atoms with van der Waals surface area (Å²) in [5, 5.41) is 0. The van der Waals surface area contributed by atoms with Gasteiger partial charge in [0.25, 0.3) is 0 Å². The van der Waals surface area contributed by atoms with E-state index in [9.17, 15) is 4.39 Å². The van der Waals surface area contributed by atoms with Crippen molar-refractivity contribution in [3.63, 3.8) is 0 Å². The van der Waals surface area contributed by atoms with Crippen molar-refractivity contribution in [2.24, 2.45) is 0 Å². The fourth-order valence-corrected chi connectivity index (χ4v) is 2.62. The van der Waals surface area contributed by atoms with Crippen molar-refractivity contribution in [2.45, 2.75) is 33.0 Å². The van der Waals surface area contributed by atoms with E-state index in [-0.39, 0.29) is 5.82 Å². The number of hydrogen-bond acceptors (Lipinski definition) is 2. The summed E-state index contributed by atoms with van der Waals surface area (Å²) < 4.78 is 14.0. The Morgan fingerprint density at radius 3 is 2.33 bits per heavy atom. The zero-order chi connectivity index (χ0) is 15.4. The van der Waals surface area contributed by atoms with Gasteiger partial charge in [0.05, 0.1) is 0 Å². The summed E-state index contributed by atoms with van der Waals surface area (Å²) in [7, 11) is 0. The molecule has 0 aliphatic carbocycles. The number of anilines is 1. The Labute approximate surface area is 133 Å². The summed E-state index contributed by atoms with van der Waals surface area (Å²) in [4.78, 5) is 2.34. The van der Waals surface area contributed by atoms with E-state index in [0.29, 0.717) is 6.04 Å². The molecule has 0 aliphatic heterocycles. The molecule has 0 spiro atoms. The van der Waals surface area contributed by atoms with E-state index in [2.05, 4.69) is 34.7 Å². The van der Waals surface area contributed by atoms with Crippen molar-refractivity contribution in [2.75, 3.05) is 5.73 Å². The van der Waals surface area contributed by atoms with Gasteiger partial charge in [-0.25, -0.2) is 4.39 Å². The molecule has 0 aliphatic rings. The predicted octanol–water partition coefficient (Wildman–Crippen LogP) is 4.58. The molecule has 2 N–H and O–H groups in total. The fourth-order valence-electron chi connectivity index (χ4n) is 2.15. The van der Waals surface area contributed by atoms with E-state index in [1.54, 1.807) is 0 Å². The van der Waals surface area contributed by atoms with Crippen LogP contribution in [-0.2, 0) is 13.1 Å². The minimum atomic E-state index is -0.222. The molecule has 0 amide bonds. The van der Waals surface area contributed by atoms with Crippen molar-refractivity contribution >= 4 is 21.6 Å². The van der Waals surface area contributed by atoms with Crippen molar-refractivity contribution in [1.29, 1.82) is 0 Å². The van der Waals surface area contributed by atoms with Crippen LogP contribution in [0, 0.1) is 5.82 Å². The Morgan fingerprint density at radius 1 is 1.10 bits per heavy atom. The molecule has 0 aromatic heterocycles. The van der Waals surface area contributed by atoms with Crippen LogP contribution in [0.1, 0.15) is 25.0 Å². The number of halogens is 2. The summed E-state index contributed by atoms with van der Waals surface area (Å²) in [5.74, 6) is -0.222. The highest BCUT2D eigenvalue weighted by Crippen LogP contribution is 2.22. The lowest BCUT2D eigenvalue weighted by molar-refractivity contribution is 0.203. The third kappa shape index (κ3) is 4.55. The lowest BCUT2D eigenvalue weighted by Gasteiger charge is -2.27. The number of benzene rings is 2. The van der Waals surface area contributed by atoms with Crippen LogP contribution in [0.25, 0.3) is 0 Å². The normalized spacial score (nSPS) is 11.3. The first-order valence-corrected chi connectivity index (χ1v) is 7.77. The first-order valence-electron chi connectivity index (χ1n) is 6.98. The molecule has 2 aromatic carbocycles. The van der Waals surface area contributed by atoms with Crippen LogP contribution in [0.5, 0.6) is 0 Å². The lowest BCUT2D eigenvalue weighted by atomic mass is 10.1. The fraction of sp³-hybridized carbons (Fsp3) is 0.294. The quantitative estimate of drug-likeness (QED) is 0.799. The van der Waals surface area contributed by atoms with Gasteiger partial charge in [-0.1, -0.05) is 34.1 Å². The van der Waals surface area contributed by atoms with Crippen LogP contribution in [0.3, 0.4) is 0 Å². The SMILES string of the molecule is CC(C)N(Cc1ccc(N)cc1)Cc1ccc(F)cc1Br. The van der Waals surface area contributed by atoms with E-state index in [4.69, 9.17) is 5.73 Å². The first kappa shape index (κ1) is 16.0. The molecule has 21 heavy (non-hydrogen) atoms. The monoisotopic (exact) mass is 350 g/mol. The van der Waals surface area contributed by atoms with Crippen LogP contribution in [0.2, 0.25) is 0 Å². The smallest absolute Gasteiger partial charge is 0.124 e. The molecule has 2 rings (SSSR count). The van der Waals surface area contributed by atoms with Gasteiger partial charge < -0.3 is 5.73 Å². The number of hydrogen-bond donors (Lipinski definition) is 1. The molecule has 2 aromatic rings. The molecule has 0 unspecified atom stereocenters. The van der Waals surface area contributed by atoms with Gasteiger partial charge in [-0.3, -0.25) is 4.90 Å². The summed E-state index contributed by atoms with van der Waals surface area (Å²) in [6.45, 7) is 5.92. The van der Waals surface area contributed by atoms with Gasteiger partial charge in [0, 0.05) is 29.3 Å². The number of nitrogens with zero attached hydrogens (tertiary/aromatic N) is 1. The van der Waals surface area contributed by atoms with E-state index in [1.807, 2.05) is 30.3 Å². The second-order valence-corrected chi connectivity index (χ2v) is 6.33. The highest BCUT2D eigenvalue weighted by molar-refractivity contribution is 9.10. The van der Waals surface area contributed by atoms with E-state index >= 15 is 0 Å². The molecule has 112 valence electrons. The average Bonchev–Trinajstić information content (AvgIpc) is 2.43. The largest absolute Gasteiger partial charge is 0.399 e. The summed E-state index contributed by atoms with van der Waals surface area (Å²) in [6.07, 6.45) is 0. The number of nitrogen functional groups attached to an aromatic ring is 1. The molecule has 0 heterocycles. The zero-order valence-corrected chi connectivity index (χ0v) is 13.9. The second-order valence-electron chi connectivity index (χ2n) is 5.48. The third-order valence-corrected chi connectivity index (χ3v) is 4.22. The molecule has 4 heteroatoms. The Bertz CT molecular complexity index is 596. The summed E-state index contributed by atoms with van der Waals surface area (Å²) in [6, 6.07) is 13.2. The molecule has 0 saturated carbocycles. The van der Waals surface area contributed by atoms with Crippen LogP contribution >= 0.6 is 15.9 Å². The number of nitrogens with two attached hydrogens (primary N) is 1. The van der Waals surface area contributed by atoms with Crippen LogP contribution in [-0.4, -0.2) is 10.9 Å². The average molecular weight is 351 g/mol. The molecule has 0 atom stereocenters. The van der Waals surface area contributed by atoms with E-state index in [1.165, 1.54) is 17.7 Å². The molecule has 2 nitrogen and oxygen atoms in total. The maximum absolute atomic E-state index is 13.2. The second kappa shape index (κ2) is 7.05. The summed E-state index contributed by atoms with van der Waals surface area (Å²) >= 11 is 3.44. The van der Waals surface area contributed by atoms with Gasteiger partial charge in [0.1, 0.15) is 5.82 Å². The topological polar surface area (TPSA) is 29.3 Å². The Kier molecular flexibility index (Phi) is 5.37. The number of rotatable bonds is 5. The Balaban J connectivity index is 2.13. The first-order chi connectivity index (χ1) is 9.95. The minimum absolute atomic E-state index is 0.222. The van der Waals surface area contributed by atoms with Crippen molar-refractivity contribution in [1.82, 2.24) is 4.90 Å². The predicted molar refractivity (Wildman–Crippen MR) is 89.3 cm³/mol. The van der Waals surface area contributed by atoms with Crippen LogP contribution in [0.15, 0.2) is 46.9 Å². The van der Waals surface area contributed by atoms with E-state index in [0.717, 1.165) is 28.8 Å². The van der Waals surface area contributed by atoms with Crippen molar-refractivity contribution in [3.8, 4) is 0 Å². The Hall–Kier alpha value is -1.39. The van der Waals surface area contributed by atoms with Crippen LogP contribution in [0.4, 0.5) is 10.1 Å². The molecule has 0 bridgehead atoms. The standard InChI is InChI=1S/C17H20BrFN2/c1-12(2)21(10-13-3-7-16(20)8-4-13)11-14-5-6-15(19)9-17(14)18/h3-9,12H,10-11,20H2,1-2H3. The molecule has 0 saturated heterocycles. The van der Waals surface area contributed by atoms with Crippen molar-refractivity contribution < 1.29 is 4.39 Å². The molecular formula is C17H20BrFN2. The minimum Gasteiger partial charge on any atom is -0.399 e. The van der Waals surface area contributed by atoms with Gasteiger partial charge >= 0.3 is 0 Å². The Morgan fingerprint density at radius 2 is 1.76 bits per heavy atom. The van der Waals surface area contributed by atoms with Gasteiger partial charge in [0.2, 0.25) is 0 Å². The highest BCUT2D eigenvalue weighted by Gasteiger charge is 2.13. The third-order valence-electron chi connectivity index (χ3n) is 3.48. The highest BCUT2D eigenvalue weighted by atomic mass is 79.9. The van der Waals surface area contributed by atoms with Gasteiger partial charge in [-0.2, -0.15) is 0 Å². The van der Waals surface area contributed by atoms with E-state index < -0.39 is 0 Å². The molecule has 0 radical (unpaired) electrons. The molecular weight excluding hydrogens is 331 g/mol. The zero-order valence-electron chi connectivity index (χ0n) is 12.3. The van der Waals surface area contributed by atoms with Gasteiger partial charge in [0.15, 0.2) is 0 Å². The maximum atomic E-state index is 13.2. The lowest BCUT2D eigenvalue weighted by Crippen LogP contribution is -2.30. The van der Waals surface area contributed by atoms with Gasteiger partial charge in [-0.05, 0) is 49.2 Å². The van der Waals surface area contributed by atoms with Crippen molar-refractivity contribution in [3.05, 3.63) is 63.9 Å². The maximum Gasteiger partial charge on any atom is 0.124 e. The molecule has 0 fully saturated rings. The van der Waals surface area contributed by atoms with Crippen LogP contribution < -0.4 is 5.73 Å². The van der Waals surface area contributed by atoms with Gasteiger partial charge in [-0.15, -0.1) is 0 Å².